The van der Waals surface area contributed by atoms with Gasteiger partial charge in [-0.1, -0.05) is 30.3 Å². The number of halogens is 1. The predicted octanol–water partition coefficient (Wildman–Crippen LogP) is 3.82. The van der Waals surface area contributed by atoms with Gasteiger partial charge in [-0.3, -0.25) is 0 Å². The lowest BCUT2D eigenvalue weighted by Crippen LogP contribution is -1.96. The number of benzene rings is 1. The minimum absolute atomic E-state index is 0.0512. The molecule has 0 aliphatic heterocycles. The molecule has 1 aromatic carbocycles. The van der Waals surface area contributed by atoms with Crippen LogP contribution in [0.4, 0.5) is 5.82 Å². The number of ether oxygens (including phenoxy) is 1. The van der Waals surface area contributed by atoms with Crippen LogP contribution < -0.4 is 4.74 Å². The van der Waals surface area contributed by atoms with E-state index in [1.165, 1.54) is 0 Å². The molecule has 0 bridgehead atoms. The van der Waals surface area contributed by atoms with E-state index in [2.05, 4.69) is 26.1 Å². The van der Waals surface area contributed by atoms with Crippen LogP contribution in [-0.4, -0.2) is 4.98 Å². The van der Waals surface area contributed by atoms with Gasteiger partial charge in [-0.25, -0.2) is 4.98 Å². The third-order valence-corrected chi connectivity index (χ3v) is 2.57. The first-order valence-corrected chi connectivity index (χ1v) is 5.75. The highest BCUT2D eigenvalue weighted by molar-refractivity contribution is 9.10. The molecule has 0 saturated heterocycles. The normalized spacial score (nSPS) is 9.94. The molecule has 4 nitrogen and oxygen atoms in total. The van der Waals surface area contributed by atoms with Crippen molar-refractivity contribution in [3.63, 3.8) is 0 Å². The monoisotopic (exact) mass is 292 g/mol. The second-order valence-corrected chi connectivity index (χ2v) is 4.13. The van der Waals surface area contributed by atoms with Gasteiger partial charge in [0.15, 0.2) is 5.75 Å². The third-order valence-electron chi connectivity index (χ3n) is 2.13. The average Bonchev–Trinajstić information content (AvgIpc) is 2.38. The maximum atomic E-state index is 10.6. The van der Waals surface area contributed by atoms with E-state index in [4.69, 9.17) is 4.74 Å². The molecule has 0 fully saturated rings. The van der Waals surface area contributed by atoms with Crippen molar-refractivity contribution in [2.75, 3.05) is 0 Å². The van der Waals surface area contributed by atoms with Crippen molar-refractivity contribution >= 4 is 21.7 Å². The Hall–Kier alpha value is -1.75. The van der Waals surface area contributed by atoms with Gasteiger partial charge in [0.05, 0.1) is 0 Å². The van der Waals surface area contributed by atoms with Crippen LogP contribution >= 0.6 is 15.9 Å². The van der Waals surface area contributed by atoms with E-state index in [0.717, 1.165) is 5.56 Å². The van der Waals surface area contributed by atoms with Crippen molar-refractivity contribution in [2.24, 2.45) is 5.18 Å². The Balaban J connectivity index is 2.11. The number of rotatable bonds is 4. The van der Waals surface area contributed by atoms with Crippen LogP contribution in [-0.2, 0) is 6.61 Å². The van der Waals surface area contributed by atoms with Crippen LogP contribution in [0.3, 0.4) is 0 Å². The van der Waals surface area contributed by atoms with E-state index in [9.17, 15) is 4.91 Å². The van der Waals surface area contributed by atoms with E-state index < -0.39 is 0 Å². The molecule has 1 aromatic heterocycles. The number of nitrogens with zero attached hydrogens (tertiary/aromatic N) is 2. The fourth-order valence-electron chi connectivity index (χ4n) is 1.33. The van der Waals surface area contributed by atoms with E-state index in [1.807, 2.05) is 30.3 Å². The zero-order chi connectivity index (χ0) is 12.1. The van der Waals surface area contributed by atoms with E-state index in [1.54, 1.807) is 12.1 Å². The quantitative estimate of drug-likeness (QED) is 0.636. The number of pyridine rings is 1. The highest BCUT2D eigenvalue weighted by atomic mass is 79.9. The zero-order valence-corrected chi connectivity index (χ0v) is 10.4. The van der Waals surface area contributed by atoms with Crippen LogP contribution in [0.25, 0.3) is 0 Å². The fraction of sp³-hybridized carbons (Fsp3) is 0.0833. The van der Waals surface area contributed by atoms with Crippen molar-refractivity contribution in [3.05, 3.63) is 57.5 Å². The van der Waals surface area contributed by atoms with Gasteiger partial charge in [0.25, 0.3) is 0 Å². The Morgan fingerprint density at radius 2 is 1.94 bits per heavy atom. The molecule has 1 heterocycles. The number of nitroso groups, excluding NO2 is 1. The lowest BCUT2D eigenvalue weighted by Gasteiger charge is -2.06. The summed E-state index contributed by atoms with van der Waals surface area (Å²) in [7, 11) is 0. The molecular weight excluding hydrogens is 284 g/mol. The van der Waals surface area contributed by atoms with Crippen LogP contribution in [0.5, 0.6) is 5.75 Å². The average molecular weight is 293 g/mol. The molecule has 0 amide bonds. The van der Waals surface area contributed by atoms with E-state index >= 15 is 0 Å². The number of hydrogen-bond donors (Lipinski definition) is 0. The van der Waals surface area contributed by atoms with E-state index in [0.29, 0.717) is 17.0 Å². The van der Waals surface area contributed by atoms with Crippen LogP contribution in [0.1, 0.15) is 5.56 Å². The lowest BCUT2D eigenvalue weighted by molar-refractivity contribution is 0.306. The van der Waals surface area contributed by atoms with Crippen molar-refractivity contribution in [3.8, 4) is 5.75 Å². The molecule has 0 spiro atoms. The molecule has 0 unspecified atom stereocenters. The largest absolute Gasteiger partial charge is 0.485 e. The standard InChI is InChI=1S/C12H9BrN2O2/c13-11-7-6-10(12(14-11)15-16)17-8-9-4-2-1-3-5-9/h1-7H,8H2. The Morgan fingerprint density at radius 1 is 1.18 bits per heavy atom. The molecule has 0 aliphatic carbocycles. The minimum atomic E-state index is 0.0512. The minimum Gasteiger partial charge on any atom is -0.485 e. The second kappa shape index (κ2) is 5.54. The molecule has 2 aromatic rings. The van der Waals surface area contributed by atoms with Gasteiger partial charge in [0.1, 0.15) is 11.2 Å². The maximum absolute atomic E-state index is 10.6. The maximum Gasteiger partial charge on any atom is 0.240 e. The van der Waals surface area contributed by atoms with Crippen LogP contribution in [0.2, 0.25) is 0 Å². The van der Waals surface area contributed by atoms with Crippen molar-refractivity contribution in [2.45, 2.75) is 6.61 Å². The van der Waals surface area contributed by atoms with Gasteiger partial charge >= 0.3 is 0 Å². The summed E-state index contributed by atoms with van der Waals surface area (Å²) in [6, 6.07) is 13.0. The fourth-order valence-corrected chi connectivity index (χ4v) is 1.63. The number of aromatic nitrogens is 1. The van der Waals surface area contributed by atoms with Gasteiger partial charge in [0.2, 0.25) is 5.82 Å². The van der Waals surface area contributed by atoms with E-state index in [-0.39, 0.29) is 5.82 Å². The van der Waals surface area contributed by atoms with Gasteiger partial charge in [-0.05, 0) is 38.8 Å². The highest BCUT2D eigenvalue weighted by Gasteiger charge is 2.06. The summed E-state index contributed by atoms with van der Waals surface area (Å²) in [5, 5.41) is 2.83. The van der Waals surface area contributed by atoms with Crippen molar-refractivity contribution in [1.82, 2.24) is 4.98 Å². The van der Waals surface area contributed by atoms with Gasteiger partial charge in [0, 0.05) is 0 Å². The first-order valence-electron chi connectivity index (χ1n) is 4.96. The smallest absolute Gasteiger partial charge is 0.240 e. The molecule has 5 heteroatoms. The molecule has 86 valence electrons. The van der Waals surface area contributed by atoms with Gasteiger partial charge < -0.3 is 4.74 Å². The summed E-state index contributed by atoms with van der Waals surface area (Å²) < 4.78 is 6.05. The summed E-state index contributed by atoms with van der Waals surface area (Å²) in [6.45, 7) is 0.382. The first kappa shape index (κ1) is 11.7. The summed E-state index contributed by atoms with van der Waals surface area (Å²) >= 11 is 3.17. The number of hydrogen-bond acceptors (Lipinski definition) is 4. The molecule has 0 N–H and O–H groups in total. The summed E-state index contributed by atoms with van der Waals surface area (Å²) in [6.07, 6.45) is 0. The summed E-state index contributed by atoms with van der Waals surface area (Å²) in [4.78, 5) is 14.5. The van der Waals surface area contributed by atoms with Crippen molar-refractivity contribution < 1.29 is 4.74 Å². The topological polar surface area (TPSA) is 51.5 Å². The molecular formula is C12H9BrN2O2. The van der Waals surface area contributed by atoms with Crippen LogP contribution in [0.15, 0.2) is 52.2 Å². The molecule has 0 atom stereocenters. The zero-order valence-electron chi connectivity index (χ0n) is 8.84. The highest BCUT2D eigenvalue weighted by Crippen LogP contribution is 2.27. The Labute approximate surface area is 107 Å². The molecule has 2 rings (SSSR count). The second-order valence-electron chi connectivity index (χ2n) is 3.32. The predicted molar refractivity (Wildman–Crippen MR) is 68.2 cm³/mol. The molecule has 0 radical (unpaired) electrons. The Morgan fingerprint density at radius 3 is 2.65 bits per heavy atom. The SMILES string of the molecule is O=Nc1nc(Br)ccc1OCc1ccccc1. The lowest BCUT2D eigenvalue weighted by atomic mass is 10.2. The molecule has 0 aliphatic rings. The summed E-state index contributed by atoms with van der Waals surface area (Å²) in [5.41, 5.74) is 1.02. The third kappa shape index (κ3) is 3.10. The first-order chi connectivity index (χ1) is 8.29. The molecule has 0 saturated carbocycles. The Kier molecular flexibility index (Phi) is 3.82. The van der Waals surface area contributed by atoms with Gasteiger partial charge in [-0.15, -0.1) is 4.91 Å². The molecule has 17 heavy (non-hydrogen) atoms. The van der Waals surface area contributed by atoms with Gasteiger partial charge in [-0.2, -0.15) is 0 Å². The van der Waals surface area contributed by atoms with Crippen molar-refractivity contribution in [1.29, 1.82) is 0 Å². The van der Waals surface area contributed by atoms with Crippen LogP contribution in [0, 0.1) is 4.91 Å². The Bertz CT molecular complexity index is 517. The summed E-state index contributed by atoms with van der Waals surface area (Å²) in [5.74, 6) is 0.433.